The molecule has 2 rings (SSSR count). The van der Waals surface area contributed by atoms with E-state index in [9.17, 15) is 5.11 Å². The second-order valence-electron chi connectivity index (χ2n) is 4.25. The monoisotopic (exact) mass is 423 g/mol. The highest BCUT2D eigenvalue weighted by atomic mass is 127. The summed E-state index contributed by atoms with van der Waals surface area (Å²) in [6, 6.07) is 9.75. The van der Waals surface area contributed by atoms with Crippen molar-refractivity contribution in [3.8, 4) is 0 Å². The van der Waals surface area contributed by atoms with Gasteiger partial charge in [0.1, 0.15) is 0 Å². The fourth-order valence-electron chi connectivity index (χ4n) is 1.61. The zero-order valence-corrected chi connectivity index (χ0v) is 14.4. The van der Waals surface area contributed by atoms with Crippen molar-refractivity contribution >= 4 is 51.2 Å². The van der Waals surface area contributed by atoms with E-state index < -0.39 is 6.10 Å². The number of halogens is 2. The molecule has 2 aromatic rings. The number of ether oxygens (including phenoxy) is 1. The minimum Gasteiger partial charge on any atom is -0.389 e. The molecule has 1 aromatic carbocycles. The van der Waals surface area contributed by atoms with E-state index in [1.807, 2.05) is 35.7 Å². The van der Waals surface area contributed by atoms with Crippen molar-refractivity contribution in [2.24, 2.45) is 0 Å². The highest BCUT2D eigenvalue weighted by Crippen LogP contribution is 2.23. The fraction of sp³-hybridized carbons (Fsp3) is 0.286. The average Bonchev–Trinajstić information content (AvgIpc) is 2.91. The second-order valence-corrected chi connectivity index (χ2v) is 6.94. The molecule has 2 N–H and O–H groups in total. The number of aliphatic hydroxyl groups excluding tert-OH is 1. The van der Waals surface area contributed by atoms with Gasteiger partial charge >= 0.3 is 0 Å². The molecule has 0 spiro atoms. The SMILES string of the molecule is OC(CNc1ccc(I)cc1Cl)COCc1cccs1. The quantitative estimate of drug-likeness (QED) is 0.662. The van der Waals surface area contributed by atoms with Crippen LogP contribution in [0.15, 0.2) is 35.7 Å². The minimum absolute atomic E-state index is 0.298. The Kier molecular flexibility index (Phi) is 6.57. The first-order chi connectivity index (χ1) is 9.65. The van der Waals surface area contributed by atoms with E-state index in [1.54, 1.807) is 11.3 Å². The third-order valence-electron chi connectivity index (χ3n) is 2.59. The van der Waals surface area contributed by atoms with Gasteiger partial charge in [-0.2, -0.15) is 0 Å². The Morgan fingerprint density at radius 3 is 2.95 bits per heavy atom. The lowest BCUT2D eigenvalue weighted by atomic mass is 10.3. The molecule has 0 bridgehead atoms. The summed E-state index contributed by atoms with van der Waals surface area (Å²) in [4.78, 5) is 1.16. The van der Waals surface area contributed by atoms with E-state index in [4.69, 9.17) is 16.3 Å². The number of hydrogen-bond acceptors (Lipinski definition) is 4. The van der Waals surface area contributed by atoms with Gasteiger partial charge in [0.25, 0.3) is 0 Å². The lowest BCUT2D eigenvalue weighted by molar-refractivity contribution is 0.0359. The molecular formula is C14H15ClINO2S. The third kappa shape index (κ3) is 5.21. The first-order valence-electron chi connectivity index (χ1n) is 6.12. The maximum Gasteiger partial charge on any atom is 0.0945 e. The van der Waals surface area contributed by atoms with Crippen LogP contribution in [0, 0.1) is 3.57 Å². The van der Waals surface area contributed by atoms with Gasteiger partial charge < -0.3 is 15.2 Å². The fourth-order valence-corrected chi connectivity index (χ4v) is 3.17. The van der Waals surface area contributed by atoms with E-state index in [0.29, 0.717) is 24.8 Å². The number of anilines is 1. The Hall–Kier alpha value is -0.340. The summed E-state index contributed by atoms with van der Waals surface area (Å²) in [6.45, 7) is 1.25. The van der Waals surface area contributed by atoms with E-state index in [2.05, 4.69) is 27.9 Å². The molecule has 0 aliphatic heterocycles. The van der Waals surface area contributed by atoms with Gasteiger partial charge in [-0.1, -0.05) is 17.7 Å². The molecule has 20 heavy (non-hydrogen) atoms. The van der Waals surface area contributed by atoms with Crippen molar-refractivity contribution in [2.45, 2.75) is 12.7 Å². The molecule has 0 aliphatic carbocycles. The summed E-state index contributed by atoms with van der Waals surface area (Å²) >= 11 is 9.96. The Bertz CT molecular complexity index is 536. The molecule has 0 saturated carbocycles. The van der Waals surface area contributed by atoms with E-state index in [1.165, 1.54) is 0 Å². The summed E-state index contributed by atoms with van der Waals surface area (Å²) < 4.78 is 6.55. The molecule has 0 amide bonds. The number of benzene rings is 1. The average molecular weight is 424 g/mol. The molecule has 1 unspecified atom stereocenters. The van der Waals surface area contributed by atoms with Gasteiger partial charge in [-0.3, -0.25) is 0 Å². The number of aliphatic hydroxyl groups is 1. The van der Waals surface area contributed by atoms with E-state index in [-0.39, 0.29) is 0 Å². The van der Waals surface area contributed by atoms with Gasteiger partial charge in [0.05, 0.1) is 30.0 Å². The zero-order valence-electron chi connectivity index (χ0n) is 10.7. The van der Waals surface area contributed by atoms with Crippen LogP contribution in [-0.2, 0) is 11.3 Å². The Morgan fingerprint density at radius 2 is 2.25 bits per heavy atom. The largest absolute Gasteiger partial charge is 0.389 e. The van der Waals surface area contributed by atoms with Crippen molar-refractivity contribution in [1.82, 2.24) is 0 Å². The molecule has 6 heteroatoms. The van der Waals surface area contributed by atoms with Crippen molar-refractivity contribution in [3.63, 3.8) is 0 Å². The zero-order chi connectivity index (χ0) is 14.4. The third-order valence-corrected chi connectivity index (χ3v) is 4.43. The first-order valence-corrected chi connectivity index (χ1v) is 8.46. The van der Waals surface area contributed by atoms with Crippen molar-refractivity contribution in [2.75, 3.05) is 18.5 Å². The van der Waals surface area contributed by atoms with Crippen LogP contribution >= 0.6 is 45.5 Å². The van der Waals surface area contributed by atoms with Crippen LogP contribution in [0.2, 0.25) is 5.02 Å². The number of nitrogens with one attached hydrogen (secondary N) is 1. The van der Waals surface area contributed by atoms with Gasteiger partial charge in [0.15, 0.2) is 0 Å². The van der Waals surface area contributed by atoms with Gasteiger partial charge in [-0.15, -0.1) is 11.3 Å². The molecule has 1 aromatic heterocycles. The minimum atomic E-state index is -0.565. The van der Waals surface area contributed by atoms with Crippen LogP contribution < -0.4 is 5.32 Å². The molecule has 0 fully saturated rings. The summed E-state index contributed by atoms with van der Waals surface area (Å²) in [5.74, 6) is 0. The second kappa shape index (κ2) is 8.19. The number of rotatable bonds is 7. The van der Waals surface area contributed by atoms with Crippen molar-refractivity contribution in [1.29, 1.82) is 0 Å². The first kappa shape index (κ1) is 16.0. The van der Waals surface area contributed by atoms with Crippen LogP contribution in [0.3, 0.4) is 0 Å². The topological polar surface area (TPSA) is 41.5 Å². The van der Waals surface area contributed by atoms with E-state index in [0.717, 1.165) is 14.1 Å². The smallest absolute Gasteiger partial charge is 0.0945 e. The summed E-state index contributed by atoms with van der Waals surface area (Å²) in [5.41, 5.74) is 0.824. The van der Waals surface area contributed by atoms with Crippen molar-refractivity contribution in [3.05, 3.63) is 49.2 Å². The van der Waals surface area contributed by atoms with E-state index >= 15 is 0 Å². The molecule has 0 radical (unpaired) electrons. The maximum absolute atomic E-state index is 9.86. The number of hydrogen-bond donors (Lipinski definition) is 2. The summed E-state index contributed by atoms with van der Waals surface area (Å²) in [5, 5.41) is 15.6. The highest BCUT2D eigenvalue weighted by molar-refractivity contribution is 14.1. The molecule has 0 aliphatic rings. The lowest BCUT2D eigenvalue weighted by Crippen LogP contribution is -2.24. The Morgan fingerprint density at radius 1 is 1.40 bits per heavy atom. The maximum atomic E-state index is 9.86. The van der Waals surface area contributed by atoms with Gasteiger partial charge in [-0.05, 0) is 52.2 Å². The van der Waals surface area contributed by atoms with Gasteiger partial charge in [0, 0.05) is 15.0 Å². The molecule has 0 saturated heterocycles. The number of thiophene rings is 1. The Balaban J connectivity index is 1.70. The predicted molar refractivity (Wildman–Crippen MR) is 92.6 cm³/mol. The molecule has 3 nitrogen and oxygen atoms in total. The summed E-state index contributed by atoms with van der Waals surface area (Å²) in [7, 11) is 0. The van der Waals surface area contributed by atoms with Gasteiger partial charge in [-0.25, -0.2) is 0 Å². The normalized spacial score (nSPS) is 12.3. The van der Waals surface area contributed by atoms with Crippen LogP contribution in [0.1, 0.15) is 4.88 Å². The van der Waals surface area contributed by atoms with Crippen LogP contribution in [0.4, 0.5) is 5.69 Å². The molecule has 1 heterocycles. The Labute approximate surface area is 141 Å². The summed E-state index contributed by atoms with van der Waals surface area (Å²) in [6.07, 6.45) is -0.565. The van der Waals surface area contributed by atoms with Crippen LogP contribution in [-0.4, -0.2) is 24.4 Å². The standard InChI is InChI=1S/C14H15ClINO2S/c15-13-6-10(16)3-4-14(13)17-7-11(18)8-19-9-12-2-1-5-20-12/h1-6,11,17-18H,7-9H2. The van der Waals surface area contributed by atoms with Crippen LogP contribution in [0.25, 0.3) is 0 Å². The molecular weight excluding hydrogens is 409 g/mol. The highest BCUT2D eigenvalue weighted by Gasteiger charge is 2.06. The lowest BCUT2D eigenvalue weighted by Gasteiger charge is -2.14. The van der Waals surface area contributed by atoms with Crippen LogP contribution in [0.5, 0.6) is 0 Å². The molecule has 1 atom stereocenters. The van der Waals surface area contributed by atoms with Gasteiger partial charge in [0.2, 0.25) is 0 Å². The molecule has 108 valence electrons. The van der Waals surface area contributed by atoms with Crippen molar-refractivity contribution < 1.29 is 9.84 Å². The predicted octanol–water partition coefficient (Wildman–Crippen LogP) is 4.00.